The van der Waals surface area contributed by atoms with E-state index in [1.54, 1.807) is 25.3 Å². The van der Waals surface area contributed by atoms with E-state index in [1.165, 1.54) is 0 Å². The highest BCUT2D eigenvalue weighted by Gasteiger charge is 2.03. The molecule has 0 spiro atoms. The Morgan fingerprint density at radius 2 is 2.08 bits per heavy atom. The van der Waals surface area contributed by atoms with Gasteiger partial charge in [0.2, 0.25) is 0 Å². The molecule has 72 valence electrons. The second-order valence-electron chi connectivity index (χ2n) is 2.83. The number of rotatable bonds is 4. The second kappa shape index (κ2) is 4.72. The molecule has 1 rings (SSSR count). The summed E-state index contributed by atoms with van der Waals surface area (Å²) in [5, 5.41) is 9.33. The van der Waals surface area contributed by atoms with Gasteiger partial charge in [-0.25, -0.2) is 0 Å². The Hall–Kier alpha value is -1.22. The maximum absolute atomic E-state index is 9.33. The van der Waals surface area contributed by atoms with E-state index < -0.39 is 0 Å². The molecule has 0 aliphatic carbocycles. The van der Waals surface area contributed by atoms with E-state index >= 15 is 0 Å². The van der Waals surface area contributed by atoms with Crippen molar-refractivity contribution in [3.05, 3.63) is 24.3 Å². The van der Waals surface area contributed by atoms with Crippen molar-refractivity contribution in [2.75, 3.05) is 13.7 Å². The Morgan fingerprint density at radius 1 is 1.38 bits per heavy atom. The summed E-state index contributed by atoms with van der Waals surface area (Å²) in [7, 11) is 1.62. The molecule has 0 heterocycles. The topological polar surface area (TPSA) is 38.7 Å². The van der Waals surface area contributed by atoms with Crippen molar-refractivity contribution < 1.29 is 14.6 Å². The van der Waals surface area contributed by atoms with Gasteiger partial charge >= 0.3 is 0 Å². The first-order valence-electron chi connectivity index (χ1n) is 4.17. The summed E-state index contributed by atoms with van der Waals surface area (Å²) < 4.78 is 10.3. The molecule has 13 heavy (non-hydrogen) atoms. The molecule has 0 aromatic heterocycles. The number of methoxy groups -OCH3 is 1. The maximum Gasteiger partial charge on any atom is 0.161 e. The normalized spacial score (nSPS) is 12.5. The van der Waals surface area contributed by atoms with Crippen LogP contribution in [0.4, 0.5) is 0 Å². The molecule has 0 amide bonds. The third-order valence-corrected chi connectivity index (χ3v) is 1.74. The van der Waals surface area contributed by atoms with E-state index in [2.05, 4.69) is 0 Å². The molecule has 1 unspecified atom stereocenters. The first kappa shape index (κ1) is 9.86. The van der Waals surface area contributed by atoms with Gasteiger partial charge in [0, 0.05) is 7.11 Å². The zero-order chi connectivity index (χ0) is 9.68. The highest BCUT2D eigenvalue weighted by Crippen LogP contribution is 2.24. The van der Waals surface area contributed by atoms with E-state index in [0.29, 0.717) is 12.4 Å². The number of phenols is 1. The lowest BCUT2D eigenvalue weighted by molar-refractivity contribution is 0.0706. The molecule has 1 aromatic carbocycles. The van der Waals surface area contributed by atoms with Crippen LogP contribution in [0.2, 0.25) is 0 Å². The minimum atomic E-state index is 0.0274. The molecule has 1 atom stereocenters. The molecule has 1 N–H and O–H groups in total. The summed E-state index contributed by atoms with van der Waals surface area (Å²) in [4.78, 5) is 0. The predicted molar refractivity (Wildman–Crippen MR) is 50.1 cm³/mol. The average molecular weight is 182 g/mol. The Morgan fingerprint density at radius 3 is 2.69 bits per heavy atom. The molecular formula is C10H14O3. The molecule has 0 aliphatic rings. The van der Waals surface area contributed by atoms with Crippen LogP contribution in [0.25, 0.3) is 0 Å². The smallest absolute Gasteiger partial charge is 0.161 e. The number of ether oxygens (including phenoxy) is 2. The first-order chi connectivity index (χ1) is 6.24. The summed E-state index contributed by atoms with van der Waals surface area (Å²) in [5.41, 5.74) is 0. The van der Waals surface area contributed by atoms with Crippen molar-refractivity contribution >= 4 is 0 Å². The van der Waals surface area contributed by atoms with Crippen molar-refractivity contribution in [3.63, 3.8) is 0 Å². The second-order valence-corrected chi connectivity index (χ2v) is 2.83. The lowest BCUT2D eigenvalue weighted by Crippen LogP contribution is -2.15. The van der Waals surface area contributed by atoms with Crippen LogP contribution >= 0.6 is 0 Å². The summed E-state index contributed by atoms with van der Waals surface area (Å²) in [6.07, 6.45) is 0.0274. The summed E-state index contributed by atoms with van der Waals surface area (Å²) >= 11 is 0. The number of phenolic OH excluding ortho intramolecular Hbond substituents is 1. The number of hydrogen-bond donors (Lipinski definition) is 1. The van der Waals surface area contributed by atoms with Crippen LogP contribution in [0.1, 0.15) is 6.92 Å². The van der Waals surface area contributed by atoms with Gasteiger partial charge in [-0.05, 0) is 19.1 Å². The lowest BCUT2D eigenvalue weighted by Gasteiger charge is -2.11. The molecule has 1 aromatic rings. The van der Waals surface area contributed by atoms with Crippen LogP contribution in [0.5, 0.6) is 11.5 Å². The zero-order valence-electron chi connectivity index (χ0n) is 7.86. The van der Waals surface area contributed by atoms with Gasteiger partial charge in [0.1, 0.15) is 6.61 Å². The monoisotopic (exact) mass is 182 g/mol. The van der Waals surface area contributed by atoms with Crippen molar-refractivity contribution in [1.29, 1.82) is 0 Å². The number of benzene rings is 1. The Balaban J connectivity index is 2.50. The standard InChI is InChI=1S/C10H14O3/c1-8(12-2)7-13-10-6-4-3-5-9(10)11/h3-6,8,11H,7H2,1-2H3. The van der Waals surface area contributed by atoms with E-state index in [1.807, 2.05) is 13.0 Å². The maximum atomic E-state index is 9.33. The minimum absolute atomic E-state index is 0.0274. The average Bonchev–Trinajstić information content (AvgIpc) is 2.16. The van der Waals surface area contributed by atoms with E-state index in [4.69, 9.17) is 9.47 Å². The van der Waals surface area contributed by atoms with E-state index in [-0.39, 0.29) is 11.9 Å². The first-order valence-corrected chi connectivity index (χ1v) is 4.17. The van der Waals surface area contributed by atoms with Gasteiger partial charge in [-0.3, -0.25) is 0 Å². The van der Waals surface area contributed by atoms with Gasteiger partial charge in [0.25, 0.3) is 0 Å². The summed E-state index contributed by atoms with van der Waals surface area (Å²) in [6, 6.07) is 6.87. The molecule has 0 saturated carbocycles. The number of aromatic hydroxyl groups is 1. The molecule has 0 saturated heterocycles. The van der Waals surface area contributed by atoms with Gasteiger partial charge in [-0.15, -0.1) is 0 Å². The van der Waals surface area contributed by atoms with Crippen LogP contribution in [-0.4, -0.2) is 24.9 Å². The fourth-order valence-corrected chi connectivity index (χ4v) is 0.854. The van der Waals surface area contributed by atoms with Gasteiger partial charge in [0.15, 0.2) is 11.5 Å². The molecule has 0 aliphatic heterocycles. The van der Waals surface area contributed by atoms with Crippen molar-refractivity contribution in [3.8, 4) is 11.5 Å². The van der Waals surface area contributed by atoms with Crippen molar-refractivity contribution in [2.45, 2.75) is 13.0 Å². The lowest BCUT2D eigenvalue weighted by atomic mass is 10.3. The molecule has 3 nitrogen and oxygen atoms in total. The summed E-state index contributed by atoms with van der Waals surface area (Å²) in [6.45, 7) is 2.34. The third kappa shape index (κ3) is 2.95. The number of hydrogen-bond acceptors (Lipinski definition) is 3. The molecule has 0 radical (unpaired) electrons. The van der Waals surface area contributed by atoms with Gasteiger partial charge in [0.05, 0.1) is 6.10 Å². The summed E-state index contributed by atoms with van der Waals surface area (Å²) in [5.74, 6) is 0.650. The number of para-hydroxylation sites is 2. The Bertz CT molecular complexity index is 260. The highest BCUT2D eigenvalue weighted by molar-refractivity contribution is 5.37. The van der Waals surface area contributed by atoms with E-state index in [9.17, 15) is 5.11 Å². The zero-order valence-corrected chi connectivity index (χ0v) is 7.86. The fraction of sp³-hybridized carbons (Fsp3) is 0.400. The van der Waals surface area contributed by atoms with Gasteiger partial charge < -0.3 is 14.6 Å². The fourth-order valence-electron chi connectivity index (χ4n) is 0.854. The molecule has 0 fully saturated rings. The van der Waals surface area contributed by atoms with Crippen LogP contribution in [0.15, 0.2) is 24.3 Å². The van der Waals surface area contributed by atoms with Crippen molar-refractivity contribution in [1.82, 2.24) is 0 Å². The van der Waals surface area contributed by atoms with Crippen LogP contribution in [0.3, 0.4) is 0 Å². The quantitative estimate of drug-likeness (QED) is 0.771. The minimum Gasteiger partial charge on any atom is -0.504 e. The molecule has 0 bridgehead atoms. The molecule has 3 heteroatoms. The van der Waals surface area contributed by atoms with Crippen LogP contribution < -0.4 is 4.74 Å². The highest BCUT2D eigenvalue weighted by atomic mass is 16.5. The SMILES string of the molecule is COC(C)COc1ccccc1O. The Labute approximate surface area is 77.9 Å². The third-order valence-electron chi connectivity index (χ3n) is 1.74. The van der Waals surface area contributed by atoms with E-state index in [0.717, 1.165) is 0 Å². The molecular weight excluding hydrogens is 168 g/mol. The van der Waals surface area contributed by atoms with Gasteiger partial charge in [-0.1, -0.05) is 12.1 Å². The van der Waals surface area contributed by atoms with Crippen LogP contribution in [-0.2, 0) is 4.74 Å². The van der Waals surface area contributed by atoms with Gasteiger partial charge in [-0.2, -0.15) is 0 Å². The predicted octanol–water partition coefficient (Wildman–Crippen LogP) is 1.81. The Kier molecular flexibility index (Phi) is 3.58. The van der Waals surface area contributed by atoms with Crippen LogP contribution in [0, 0.1) is 0 Å². The van der Waals surface area contributed by atoms with Crippen molar-refractivity contribution in [2.24, 2.45) is 0 Å². The largest absolute Gasteiger partial charge is 0.504 e.